The summed E-state index contributed by atoms with van der Waals surface area (Å²) < 4.78 is 33.0. The van der Waals surface area contributed by atoms with Gasteiger partial charge >= 0.3 is 5.97 Å². The molecule has 12 heteroatoms. The molecular formula is C33H32FN7O4. The second-order valence-electron chi connectivity index (χ2n) is 11.1. The number of ether oxygens (including phenoxy) is 3. The molecule has 2 fully saturated rings. The molecule has 2 aliphatic rings. The number of halogens is 1. The third kappa shape index (κ3) is 6.29. The number of nitriles is 2. The molecule has 2 aromatic carbocycles. The smallest absolute Gasteiger partial charge is 0.337 e. The number of rotatable bonds is 9. The van der Waals surface area contributed by atoms with E-state index in [1.165, 1.54) is 31.4 Å². The van der Waals surface area contributed by atoms with Gasteiger partial charge in [-0.3, -0.25) is 4.90 Å². The van der Waals surface area contributed by atoms with Gasteiger partial charge in [0.1, 0.15) is 24.1 Å². The lowest BCUT2D eigenvalue weighted by molar-refractivity contribution is -0.0594. The minimum Gasteiger partial charge on any atom is -0.473 e. The monoisotopic (exact) mass is 609 g/mol. The van der Waals surface area contributed by atoms with Crippen LogP contribution in [-0.4, -0.2) is 71.4 Å². The van der Waals surface area contributed by atoms with Gasteiger partial charge in [0.05, 0.1) is 65.7 Å². The summed E-state index contributed by atoms with van der Waals surface area (Å²) in [6, 6.07) is 17.0. The number of fused-ring (bicyclic) bond motifs is 1. The van der Waals surface area contributed by atoms with Crippen LogP contribution in [0.15, 0.2) is 48.5 Å². The van der Waals surface area contributed by atoms with E-state index in [4.69, 9.17) is 24.5 Å². The van der Waals surface area contributed by atoms with Crippen LogP contribution in [0.3, 0.4) is 0 Å². The molecule has 4 heterocycles. The summed E-state index contributed by atoms with van der Waals surface area (Å²) in [5.74, 6) is 0.822. The molecule has 45 heavy (non-hydrogen) atoms. The number of anilines is 1. The Morgan fingerprint density at radius 1 is 1.07 bits per heavy atom. The second kappa shape index (κ2) is 12.9. The molecule has 2 aromatic heterocycles. The summed E-state index contributed by atoms with van der Waals surface area (Å²) in [7, 11) is 1.37. The zero-order valence-electron chi connectivity index (χ0n) is 25.1. The Morgan fingerprint density at radius 3 is 2.51 bits per heavy atom. The topological polar surface area (TPSA) is 130 Å². The van der Waals surface area contributed by atoms with Crippen molar-refractivity contribution in [3.05, 3.63) is 82.4 Å². The van der Waals surface area contributed by atoms with E-state index in [1.54, 1.807) is 12.1 Å². The number of hydrogen-bond acceptors (Lipinski definition) is 10. The van der Waals surface area contributed by atoms with Gasteiger partial charge in [-0.15, -0.1) is 0 Å². The third-order valence-corrected chi connectivity index (χ3v) is 8.41. The molecule has 0 aliphatic carbocycles. The zero-order chi connectivity index (χ0) is 31.5. The molecule has 0 bridgehead atoms. The van der Waals surface area contributed by atoms with Gasteiger partial charge in [-0.05, 0) is 49.7 Å². The van der Waals surface area contributed by atoms with Crippen molar-refractivity contribution < 1.29 is 23.4 Å². The molecule has 0 unspecified atom stereocenters. The summed E-state index contributed by atoms with van der Waals surface area (Å²) in [4.78, 5) is 26.3. The van der Waals surface area contributed by atoms with Crippen LogP contribution in [0.25, 0.3) is 11.0 Å². The normalized spacial score (nSPS) is 17.3. The number of piperazine rings is 1. The maximum absolute atomic E-state index is 14.4. The Kier molecular flexibility index (Phi) is 8.60. The van der Waals surface area contributed by atoms with Gasteiger partial charge in [0.15, 0.2) is 0 Å². The fourth-order valence-corrected chi connectivity index (χ4v) is 5.71. The molecule has 11 nitrogen and oxygen atoms in total. The van der Waals surface area contributed by atoms with Crippen molar-refractivity contribution in [2.75, 3.05) is 44.8 Å². The minimum absolute atomic E-state index is 0.0131. The van der Waals surface area contributed by atoms with E-state index in [0.29, 0.717) is 42.1 Å². The predicted molar refractivity (Wildman–Crippen MR) is 162 cm³/mol. The van der Waals surface area contributed by atoms with Gasteiger partial charge in [0.2, 0.25) is 5.88 Å². The first-order valence-corrected chi connectivity index (χ1v) is 14.8. The lowest BCUT2D eigenvalue weighted by atomic mass is 10.1. The van der Waals surface area contributed by atoms with Crippen LogP contribution in [0.1, 0.15) is 52.3 Å². The van der Waals surface area contributed by atoms with Crippen molar-refractivity contribution in [1.82, 2.24) is 19.4 Å². The molecule has 0 saturated carbocycles. The molecule has 2 atom stereocenters. The largest absolute Gasteiger partial charge is 0.473 e. The predicted octanol–water partition coefficient (Wildman–Crippen LogP) is 4.35. The van der Waals surface area contributed by atoms with Crippen molar-refractivity contribution in [2.45, 2.75) is 38.6 Å². The number of imidazole rings is 1. The van der Waals surface area contributed by atoms with E-state index in [0.717, 1.165) is 43.0 Å². The van der Waals surface area contributed by atoms with Gasteiger partial charge < -0.3 is 23.7 Å². The fraction of sp³-hybridized carbons (Fsp3) is 0.364. The van der Waals surface area contributed by atoms with Gasteiger partial charge in [-0.25, -0.2) is 14.2 Å². The lowest BCUT2D eigenvalue weighted by Crippen LogP contribution is -2.48. The third-order valence-electron chi connectivity index (χ3n) is 8.41. The number of aromatic nitrogens is 3. The van der Waals surface area contributed by atoms with Crippen LogP contribution in [0.5, 0.6) is 5.88 Å². The lowest BCUT2D eigenvalue weighted by Gasteiger charge is -2.38. The maximum Gasteiger partial charge on any atom is 0.337 e. The fourth-order valence-electron chi connectivity index (χ4n) is 5.71. The summed E-state index contributed by atoms with van der Waals surface area (Å²) in [6.07, 6.45) is 1.08. The van der Waals surface area contributed by atoms with Crippen LogP contribution in [0.2, 0.25) is 0 Å². The van der Waals surface area contributed by atoms with Crippen LogP contribution in [0, 0.1) is 28.5 Å². The SMILES string of the molecule is COC(=O)c1ccc2nc([C@H](C)N3CCN(c4cc(C#N)cc(OCc5ccc(C#N)cc5F)n4)CC3)n(C[C@@H]3CCO3)c2c1. The summed E-state index contributed by atoms with van der Waals surface area (Å²) in [5, 5.41) is 18.6. The molecule has 2 aliphatic heterocycles. The van der Waals surface area contributed by atoms with E-state index >= 15 is 0 Å². The highest BCUT2D eigenvalue weighted by Gasteiger charge is 2.29. The standard InChI is InChI=1S/C33H32FN7O4/c1-21(32-37-28-6-5-24(33(42)43-2)16-29(28)41(32)19-26-7-12-44-26)39-8-10-40(11-9-39)30-14-23(18-36)15-31(38-30)45-20-25-4-3-22(17-35)13-27(25)34/h3-6,13-16,21,26H,7-12,19-20H2,1-2H3/t21-,26-/m0/s1. The number of esters is 1. The molecule has 0 amide bonds. The van der Waals surface area contributed by atoms with E-state index in [1.807, 2.05) is 18.2 Å². The number of carbonyl (C=O) groups is 1. The van der Waals surface area contributed by atoms with E-state index in [2.05, 4.69) is 32.3 Å². The van der Waals surface area contributed by atoms with Crippen LogP contribution >= 0.6 is 0 Å². The van der Waals surface area contributed by atoms with Crippen LogP contribution < -0.4 is 9.64 Å². The average molecular weight is 610 g/mol. The Morgan fingerprint density at radius 2 is 1.84 bits per heavy atom. The van der Waals surface area contributed by atoms with E-state index in [-0.39, 0.29) is 36.2 Å². The number of benzene rings is 2. The van der Waals surface area contributed by atoms with Crippen molar-refractivity contribution in [1.29, 1.82) is 10.5 Å². The first-order chi connectivity index (χ1) is 21.9. The van der Waals surface area contributed by atoms with Crippen LogP contribution in [-0.2, 0) is 22.6 Å². The number of nitrogens with zero attached hydrogens (tertiary/aromatic N) is 7. The first-order valence-electron chi connectivity index (χ1n) is 14.8. The van der Waals surface area contributed by atoms with Gasteiger partial charge in [-0.2, -0.15) is 15.5 Å². The summed E-state index contributed by atoms with van der Waals surface area (Å²) in [5.41, 5.74) is 3.08. The van der Waals surface area contributed by atoms with Gasteiger partial charge in [0.25, 0.3) is 0 Å². The molecule has 230 valence electrons. The highest BCUT2D eigenvalue weighted by molar-refractivity contribution is 5.93. The van der Waals surface area contributed by atoms with Crippen molar-refractivity contribution in [3.63, 3.8) is 0 Å². The molecule has 4 aromatic rings. The summed E-state index contributed by atoms with van der Waals surface area (Å²) >= 11 is 0. The molecule has 6 rings (SSSR count). The minimum atomic E-state index is -0.534. The van der Waals surface area contributed by atoms with Gasteiger partial charge in [0, 0.05) is 44.4 Å². The Labute approximate surface area is 260 Å². The van der Waals surface area contributed by atoms with Gasteiger partial charge in [-0.1, -0.05) is 6.07 Å². The second-order valence-corrected chi connectivity index (χ2v) is 11.1. The van der Waals surface area contributed by atoms with Crippen LogP contribution in [0.4, 0.5) is 10.2 Å². The van der Waals surface area contributed by atoms with E-state index < -0.39 is 5.82 Å². The zero-order valence-corrected chi connectivity index (χ0v) is 25.1. The number of pyridine rings is 1. The number of methoxy groups -OCH3 is 1. The average Bonchev–Trinajstić information content (AvgIpc) is 3.42. The number of hydrogen-bond donors (Lipinski definition) is 0. The molecule has 2 saturated heterocycles. The molecule has 0 spiro atoms. The molecule has 0 N–H and O–H groups in total. The maximum atomic E-state index is 14.4. The molecule has 0 radical (unpaired) electrons. The van der Waals surface area contributed by atoms with Crippen molar-refractivity contribution in [2.24, 2.45) is 0 Å². The summed E-state index contributed by atoms with van der Waals surface area (Å²) in [6.45, 7) is 6.23. The quantitative estimate of drug-likeness (QED) is 0.253. The highest BCUT2D eigenvalue weighted by atomic mass is 19.1. The Bertz CT molecular complexity index is 1820. The van der Waals surface area contributed by atoms with Crippen molar-refractivity contribution in [3.8, 4) is 18.0 Å². The Hall–Kier alpha value is -5.04. The molecular weight excluding hydrogens is 577 g/mol. The first kappa shape index (κ1) is 30.0. The Balaban J connectivity index is 1.17. The highest BCUT2D eigenvalue weighted by Crippen LogP contribution is 2.30. The number of carbonyl (C=O) groups excluding carboxylic acids is 1. The van der Waals surface area contributed by atoms with Crippen molar-refractivity contribution >= 4 is 22.8 Å². The van der Waals surface area contributed by atoms with E-state index in [9.17, 15) is 14.4 Å².